The first-order valence-corrected chi connectivity index (χ1v) is 5.47. The largest absolute Gasteiger partial charge is 0.508 e. The van der Waals surface area contributed by atoms with Crippen molar-refractivity contribution < 1.29 is 10.2 Å². The zero-order valence-corrected chi connectivity index (χ0v) is 9.38. The maximum Gasteiger partial charge on any atom is 0.120 e. The fourth-order valence-electron chi connectivity index (χ4n) is 1.76. The van der Waals surface area contributed by atoms with E-state index in [4.69, 9.17) is 10.8 Å². The number of nitrogens with two attached hydrogens (primary N) is 1. The van der Waals surface area contributed by atoms with E-state index in [1.54, 1.807) is 6.07 Å². The normalized spacial score (nSPS) is 12.4. The molecule has 1 atom stereocenters. The van der Waals surface area contributed by atoms with Crippen molar-refractivity contribution in [1.82, 2.24) is 0 Å². The minimum Gasteiger partial charge on any atom is -0.508 e. The van der Waals surface area contributed by atoms with Crippen molar-refractivity contribution in [3.8, 4) is 16.9 Å². The first-order valence-electron chi connectivity index (χ1n) is 5.47. The van der Waals surface area contributed by atoms with Gasteiger partial charge in [-0.2, -0.15) is 0 Å². The molecule has 0 radical (unpaired) electrons. The van der Waals surface area contributed by atoms with Crippen molar-refractivity contribution in [2.45, 2.75) is 6.04 Å². The summed E-state index contributed by atoms with van der Waals surface area (Å²) in [6, 6.07) is 14.5. The number of aliphatic hydroxyl groups excluding tert-OH is 1. The highest BCUT2D eigenvalue weighted by Crippen LogP contribution is 2.28. The van der Waals surface area contributed by atoms with E-state index in [9.17, 15) is 5.11 Å². The molecule has 0 aromatic heterocycles. The van der Waals surface area contributed by atoms with E-state index in [0.29, 0.717) is 5.56 Å². The van der Waals surface area contributed by atoms with Crippen molar-refractivity contribution in [3.63, 3.8) is 0 Å². The summed E-state index contributed by atoms with van der Waals surface area (Å²) in [7, 11) is 0. The van der Waals surface area contributed by atoms with Gasteiger partial charge in [-0.3, -0.25) is 0 Å². The second-order valence-corrected chi connectivity index (χ2v) is 3.93. The van der Waals surface area contributed by atoms with Gasteiger partial charge in [-0.05, 0) is 23.3 Å². The van der Waals surface area contributed by atoms with Crippen molar-refractivity contribution >= 4 is 0 Å². The average Bonchev–Trinajstić information content (AvgIpc) is 2.39. The van der Waals surface area contributed by atoms with Gasteiger partial charge in [0.1, 0.15) is 5.75 Å². The summed E-state index contributed by atoms with van der Waals surface area (Å²) < 4.78 is 0. The predicted molar refractivity (Wildman–Crippen MR) is 67.6 cm³/mol. The van der Waals surface area contributed by atoms with Crippen LogP contribution in [0.4, 0.5) is 0 Å². The summed E-state index contributed by atoms with van der Waals surface area (Å²) in [5.41, 5.74) is 8.32. The number of phenols is 1. The zero-order chi connectivity index (χ0) is 12.3. The Balaban J connectivity index is 2.44. The van der Waals surface area contributed by atoms with Crippen LogP contribution in [-0.4, -0.2) is 16.8 Å². The summed E-state index contributed by atoms with van der Waals surface area (Å²) >= 11 is 0. The molecule has 3 nitrogen and oxygen atoms in total. The van der Waals surface area contributed by atoms with E-state index in [1.807, 2.05) is 42.5 Å². The van der Waals surface area contributed by atoms with Crippen LogP contribution in [0, 0.1) is 0 Å². The maximum atomic E-state index is 9.69. The van der Waals surface area contributed by atoms with Crippen LogP contribution < -0.4 is 5.73 Å². The number of benzene rings is 2. The van der Waals surface area contributed by atoms with E-state index in [-0.39, 0.29) is 12.4 Å². The molecular weight excluding hydrogens is 214 g/mol. The third-order valence-corrected chi connectivity index (χ3v) is 2.73. The number of hydrogen-bond donors (Lipinski definition) is 3. The molecule has 88 valence electrons. The van der Waals surface area contributed by atoms with Gasteiger partial charge in [0.25, 0.3) is 0 Å². The van der Waals surface area contributed by atoms with Crippen LogP contribution >= 0.6 is 0 Å². The molecule has 0 saturated carbocycles. The molecule has 0 saturated heterocycles. The zero-order valence-electron chi connectivity index (χ0n) is 9.38. The smallest absolute Gasteiger partial charge is 0.120 e. The molecule has 2 aromatic rings. The topological polar surface area (TPSA) is 66.5 Å². The molecule has 2 aromatic carbocycles. The van der Waals surface area contributed by atoms with Crippen LogP contribution in [0.25, 0.3) is 11.1 Å². The van der Waals surface area contributed by atoms with Gasteiger partial charge in [-0.15, -0.1) is 0 Å². The van der Waals surface area contributed by atoms with Gasteiger partial charge in [0.15, 0.2) is 0 Å². The Hall–Kier alpha value is -1.84. The van der Waals surface area contributed by atoms with Crippen molar-refractivity contribution in [1.29, 1.82) is 0 Å². The molecular formula is C14H15NO2. The van der Waals surface area contributed by atoms with Gasteiger partial charge < -0.3 is 15.9 Å². The molecule has 0 aliphatic heterocycles. The second kappa shape index (κ2) is 4.99. The van der Waals surface area contributed by atoms with Crippen LogP contribution in [-0.2, 0) is 0 Å². The summed E-state index contributed by atoms with van der Waals surface area (Å²) in [5.74, 6) is 0.117. The third kappa shape index (κ3) is 2.46. The molecule has 0 aliphatic carbocycles. The van der Waals surface area contributed by atoms with Crippen LogP contribution in [0.5, 0.6) is 5.75 Å². The van der Waals surface area contributed by atoms with Crippen molar-refractivity contribution in [2.75, 3.05) is 6.61 Å². The first kappa shape index (κ1) is 11.6. The van der Waals surface area contributed by atoms with Crippen LogP contribution in [0.2, 0.25) is 0 Å². The third-order valence-electron chi connectivity index (χ3n) is 2.73. The maximum absolute atomic E-state index is 9.69. The minimum atomic E-state index is -0.557. The Morgan fingerprint density at radius 3 is 2.35 bits per heavy atom. The lowest BCUT2D eigenvalue weighted by atomic mass is 9.99. The van der Waals surface area contributed by atoms with Gasteiger partial charge in [-0.1, -0.05) is 36.4 Å². The molecule has 0 unspecified atom stereocenters. The molecule has 0 heterocycles. The Bertz CT molecular complexity index is 497. The van der Waals surface area contributed by atoms with Crippen LogP contribution in [0.3, 0.4) is 0 Å². The first-order chi connectivity index (χ1) is 8.22. The number of aliphatic hydroxyl groups is 1. The lowest BCUT2D eigenvalue weighted by Gasteiger charge is -2.12. The van der Waals surface area contributed by atoms with Gasteiger partial charge in [0.05, 0.1) is 12.6 Å². The molecule has 4 N–H and O–H groups in total. The highest BCUT2D eigenvalue weighted by atomic mass is 16.3. The number of hydrogen-bond acceptors (Lipinski definition) is 3. The monoisotopic (exact) mass is 229 g/mol. The van der Waals surface area contributed by atoms with Crippen LogP contribution in [0.1, 0.15) is 11.6 Å². The van der Waals surface area contributed by atoms with E-state index in [2.05, 4.69) is 0 Å². The van der Waals surface area contributed by atoms with Gasteiger partial charge in [-0.25, -0.2) is 0 Å². The second-order valence-electron chi connectivity index (χ2n) is 3.93. The number of rotatable bonds is 3. The number of phenolic OH excluding ortho intramolecular Hbond substituents is 1. The fraction of sp³-hybridized carbons (Fsp3) is 0.143. The number of aromatic hydroxyl groups is 1. The summed E-state index contributed by atoms with van der Waals surface area (Å²) in [6.07, 6.45) is 0. The quantitative estimate of drug-likeness (QED) is 0.754. The summed E-state index contributed by atoms with van der Waals surface area (Å²) in [6.45, 7) is -0.189. The fourth-order valence-corrected chi connectivity index (χ4v) is 1.76. The van der Waals surface area contributed by atoms with E-state index in [0.717, 1.165) is 11.1 Å². The lowest BCUT2D eigenvalue weighted by molar-refractivity contribution is 0.265. The van der Waals surface area contributed by atoms with Gasteiger partial charge in [0, 0.05) is 5.56 Å². The Labute approximate surface area is 100 Å². The van der Waals surface area contributed by atoms with Gasteiger partial charge in [0.2, 0.25) is 0 Å². The Kier molecular flexibility index (Phi) is 3.42. The minimum absolute atomic E-state index is 0.117. The van der Waals surface area contributed by atoms with Gasteiger partial charge >= 0.3 is 0 Å². The average molecular weight is 229 g/mol. The molecule has 0 amide bonds. The van der Waals surface area contributed by atoms with Crippen molar-refractivity contribution in [3.05, 3.63) is 54.1 Å². The standard InChI is InChI=1S/C14H15NO2/c15-13(9-16)12-8-11(6-7-14(12)17)10-4-2-1-3-5-10/h1-8,13,16-17H,9,15H2/t13-/m1/s1. The summed E-state index contributed by atoms with van der Waals surface area (Å²) in [4.78, 5) is 0. The highest BCUT2D eigenvalue weighted by Gasteiger charge is 2.11. The van der Waals surface area contributed by atoms with Crippen LogP contribution in [0.15, 0.2) is 48.5 Å². The Morgan fingerprint density at radius 1 is 1.00 bits per heavy atom. The predicted octanol–water partition coefficient (Wildman–Crippen LogP) is 2.05. The molecule has 17 heavy (non-hydrogen) atoms. The van der Waals surface area contributed by atoms with E-state index >= 15 is 0 Å². The molecule has 0 aliphatic rings. The SMILES string of the molecule is N[C@H](CO)c1cc(-c2ccccc2)ccc1O. The van der Waals surface area contributed by atoms with E-state index < -0.39 is 6.04 Å². The van der Waals surface area contributed by atoms with E-state index in [1.165, 1.54) is 0 Å². The molecule has 2 rings (SSSR count). The lowest BCUT2D eigenvalue weighted by Crippen LogP contribution is -2.14. The Morgan fingerprint density at radius 2 is 1.71 bits per heavy atom. The molecule has 0 fully saturated rings. The molecule has 0 spiro atoms. The molecule has 0 bridgehead atoms. The summed E-state index contributed by atoms with van der Waals surface area (Å²) in [5, 5.41) is 18.7. The highest BCUT2D eigenvalue weighted by molar-refractivity contribution is 5.65. The van der Waals surface area contributed by atoms with Crippen molar-refractivity contribution in [2.24, 2.45) is 5.73 Å². The molecule has 3 heteroatoms.